The Balaban J connectivity index is 1.76. The van der Waals surface area contributed by atoms with E-state index in [4.69, 9.17) is 4.74 Å². The molecule has 2 N–H and O–H groups in total. The molecule has 26 heavy (non-hydrogen) atoms. The number of nitrogens with one attached hydrogen (secondary N) is 1. The molecule has 0 aromatic heterocycles. The number of aryl methyl sites for hydroxylation is 1. The maximum absolute atomic E-state index is 12.6. The second-order valence-electron chi connectivity index (χ2n) is 6.88. The molecule has 1 saturated heterocycles. The van der Waals surface area contributed by atoms with Crippen molar-refractivity contribution in [3.63, 3.8) is 0 Å². The monoisotopic (exact) mass is 354 g/mol. The number of likely N-dealkylation sites (tertiary alicyclic amines) is 1. The summed E-state index contributed by atoms with van der Waals surface area (Å²) in [5.74, 6) is 0.332. The van der Waals surface area contributed by atoms with Gasteiger partial charge in [-0.05, 0) is 50.1 Å². The van der Waals surface area contributed by atoms with Gasteiger partial charge >= 0.3 is 12.0 Å². The highest BCUT2D eigenvalue weighted by atomic mass is 16.5. The summed E-state index contributed by atoms with van der Waals surface area (Å²) in [6, 6.07) is 14.6. The first kappa shape index (κ1) is 17.8. The third kappa shape index (κ3) is 3.79. The molecule has 0 saturated carbocycles. The van der Waals surface area contributed by atoms with Crippen LogP contribution in [0.15, 0.2) is 48.5 Å². The molecule has 6 heteroatoms. The van der Waals surface area contributed by atoms with Gasteiger partial charge in [-0.1, -0.05) is 24.3 Å². The Morgan fingerprint density at radius 3 is 2.58 bits per heavy atom. The van der Waals surface area contributed by atoms with Gasteiger partial charge in [0, 0.05) is 13.1 Å². The fourth-order valence-corrected chi connectivity index (χ4v) is 2.95. The Bertz CT molecular complexity index is 822. The summed E-state index contributed by atoms with van der Waals surface area (Å²) in [6.07, 6.45) is 0.441. The number of amides is 2. The van der Waals surface area contributed by atoms with Crippen molar-refractivity contribution in [3.8, 4) is 11.5 Å². The van der Waals surface area contributed by atoms with Gasteiger partial charge in [-0.15, -0.1) is 0 Å². The van der Waals surface area contributed by atoms with Gasteiger partial charge in [0.05, 0.1) is 11.1 Å². The van der Waals surface area contributed by atoms with Crippen LogP contribution in [0.2, 0.25) is 0 Å². The number of ether oxygens (including phenoxy) is 1. The van der Waals surface area contributed by atoms with Crippen LogP contribution in [0.25, 0.3) is 0 Å². The summed E-state index contributed by atoms with van der Waals surface area (Å²) in [4.78, 5) is 25.5. The number of carbonyl (C=O) groups excluding carboxylic acids is 1. The molecular weight excluding hydrogens is 332 g/mol. The van der Waals surface area contributed by atoms with Crippen LogP contribution < -0.4 is 10.1 Å². The second kappa shape index (κ2) is 7.07. The van der Waals surface area contributed by atoms with E-state index in [9.17, 15) is 14.7 Å². The Hall–Kier alpha value is -3.02. The number of aliphatic carboxylic acids is 1. The van der Waals surface area contributed by atoms with Crippen LogP contribution in [0.3, 0.4) is 0 Å². The number of rotatable bonds is 4. The molecule has 0 spiro atoms. The topological polar surface area (TPSA) is 78.9 Å². The molecule has 2 aromatic rings. The van der Waals surface area contributed by atoms with E-state index < -0.39 is 11.4 Å². The average Bonchev–Trinajstić information content (AvgIpc) is 3.02. The van der Waals surface area contributed by atoms with Crippen molar-refractivity contribution in [1.82, 2.24) is 4.90 Å². The van der Waals surface area contributed by atoms with Crippen molar-refractivity contribution in [1.29, 1.82) is 0 Å². The van der Waals surface area contributed by atoms with E-state index in [1.165, 1.54) is 4.90 Å². The molecule has 0 aliphatic carbocycles. The number of nitrogens with zero attached hydrogens (tertiary/aromatic N) is 1. The number of urea groups is 1. The lowest BCUT2D eigenvalue weighted by Crippen LogP contribution is -2.37. The van der Waals surface area contributed by atoms with Gasteiger partial charge in [0.1, 0.15) is 5.75 Å². The van der Waals surface area contributed by atoms with Crippen LogP contribution >= 0.6 is 0 Å². The molecule has 6 nitrogen and oxygen atoms in total. The van der Waals surface area contributed by atoms with Crippen LogP contribution in [0, 0.1) is 12.3 Å². The smallest absolute Gasteiger partial charge is 0.321 e. The molecule has 0 bridgehead atoms. The maximum atomic E-state index is 12.6. The highest BCUT2D eigenvalue weighted by Gasteiger charge is 2.42. The van der Waals surface area contributed by atoms with E-state index in [2.05, 4.69) is 5.32 Å². The van der Waals surface area contributed by atoms with E-state index in [0.717, 1.165) is 5.56 Å². The van der Waals surface area contributed by atoms with Gasteiger partial charge < -0.3 is 20.1 Å². The second-order valence-corrected chi connectivity index (χ2v) is 6.88. The van der Waals surface area contributed by atoms with E-state index in [1.54, 1.807) is 6.92 Å². The third-order valence-corrected chi connectivity index (χ3v) is 4.62. The van der Waals surface area contributed by atoms with Crippen LogP contribution in [-0.4, -0.2) is 35.1 Å². The van der Waals surface area contributed by atoms with E-state index in [1.807, 2.05) is 55.5 Å². The number of benzene rings is 2. The van der Waals surface area contributed by atoms with Crippen molar-refractivity contribution in [3.05, 3.63) is 54.1 Å². The number of para-hydroxylation sites is 1. The number of carbonyl (C=O) groups is 2. The van der Waals surface area contributed by atoms with Crippen molar-refractivity contribution < 1.29 is 19.4 Å². The molecule has 136 valence electrons. The Morgan fingerprint density at radius 2 is 1.92 bits per heavy atom. The predicted octanol–water partition coefficient (Wildman–Crippen LogP) is 4.12. The summed E-state index contributed by atoms with van der Waals surface area (Å²) < 4.78 is 5.88. The summed E-state index contributed by atoms with van der Waals surface area (Å²) in [7, 11) is 0. The van der Waals surface area contributed by atoms with E-state index in [-0.39, 0.29) is 12.6 Å². The largest absolute Gasteiger partial charge is 0.481 e. The Labute approximate surface area is 152 Å². The first-order valence-electron chi connectivity index (χ1n) is 8.50. The van der Waals surface area contributed by atoms with Crippen molar-refractivity contribution in [2.45, 2.75) is 20.3 Å². The molecule has 1 unspecified atom stereocenters. The van der Waals surface area contributed by atoms with Crippen molar-refractivity contribution in [2.24, 2.45) is 5.41 Å². The zero-order valence-electron chi connectivity index (χ0n) is 14.9. The lowest BCUT2D eigenvalue weighted by Gasteiger charge is -2.21. The van der Waals surface area contributed by atoms with Crippen LogP contribution in [-0.2, 0) is 4.79 Å². The first-order valence-corrected chi connectivity index (χ1v) is 8.50. The fraction of sp³-hybridized carbons (Fsp3) is 0.300. The molecule has 3 rings (SSSR count). The van der Waals surface area contributed by atoms with Gasteiger partial charge in [-0.2, -0.15) is 0 Å². The third-order valence-electron chi connectivity index (χ3n) is 4.62. The molecule has 2 amide bonds. The van der Waals surface area contributed by atoms with Gasteiger partial charge in [-0.3, -0.25) is 4.79 Å². The van der Waals surface area contributed by atoms with Crippen molar-refractivity contribution >= 4 is 17.7 Å². The number of carboxylic acids is 1. The van der Waals surface area contributed by atoms with Crippen LogP contribution in [0.4, 0.5) is 10.5 Å². The highest BCUT2D eigenvalue weighted by Crippen LogP contribution is 2.33. The summed E-state index contributed by atoms with van der Waals surface area (Å²) in [5.41, 5.74) is 0.646. The summed E-state index contributed by atoms with van der Waals surface area (Å²) >= 11 is 0. The lowest BCUT2D eigenvalue weighted by molar-refractivity contribution is -0.146. The lowest BCUT2D eigenvalue weighted by atomic mass is 9.90. The summed E-state index contributed by atoms with van der Waals surface area (Å²) in [6.45, 7) is 4.20. The average molecular weight is 354 g/mol. The van der Waals surface area contributed by atoms with Crippen LogP contribution in [0.1, 0.15) is 18.9 Å². The molecule has 1 aliphatic rings. The molecular formula is C20H22N2O4. The standard InChI is InChI=1S/C20H22N2O4/c1-14-8-9-17(26-15-6-4-3-5-7-15)16(12-14)21-19(25)22-11-10-20(2,13-22)18(23)24/h3-9,12H,10-11,13H2,1-2H3,(H,21,25)(H,23,24). The fourth-order valence-electron chi connectivity index (χ4n) is 2.95. The van der Waals surface area contributed by atoms with E-state index in [0.29, 0.717) is 30.2 Å². The minimum atomic E-state index is -0.896. The van der Waals surface area contributed by atoms with Gasteiger partial charge in [-0.25, -0.2) is 4.79 Å². The predicted molar refractivity (Wildman–Crippen MR) is 98.6 cm³/mol. The Morgan fingerprint density at radius 1 is 1.19 bits per heavy atom. The Kier molecular flexibility index (Phi) is 4.84. The molecule has 0 radical (unpaired) electrons. The minimum Gasteiger partial charge on any atom is -0.481 e. The zero-order valence-corrected chi connectivity index (χ0v) is 14.9. The normalized spacial score (nSPS) is 19.2. The SMILES string of the molecule is Cc1ccc(Oc2ccccc2)c(NC(=O)N2CCC(C)(C(=O)O)C2)c1. The number of anilines is 1. The minimum absolute atomic E-state index is 0.189. The quantitative estimate of drug-likeness (QED) is 0.866. The van der Waals surface area contributed by atoms with Gasteiger partial charge in [0.25, 0.3) is 0 Å². The molecule has 2 aromatic carbocycles. The van der Waals surface area contributed by atoms with Crippen molar-refractivity contribution in [2.75, 3.05) is 18.4 Å². The maximum Gasteiger partial charge on any atom is 0.321 e. The molecule has 1 atom stereocenters. The zero-order chi connectivity index (χ0) is 18.7. The van der Waals surface area contributed by atoms with Crippen LogP contribution in [0.5, 0.6) is 11.5 Å². The first-order chi connectivity index (χ1) is 12.4. The number of carboxylic acid groups (broad SMARTS) is 1. The molecule has 1 heterocycles. The molecule has 1 fully saturated rings. The number of hydrogen-bond acceptors (Lipinski definition) is 3. The number of hydrogen-bond donors (Lipinski definition) is 2. The van der Waals surface area contributed by atoms with Gasteiger partial charge in [0.15, 0.2) is 5.75 Å². The summed E-state index contributed by atoms with van der Waals surface area (Å²) in [5, 5.41) is 12.2. The highest BCUT2D eigenvalue weighted by molar-refractivity contribution is 5.92. The van der Waals surface area contributed by atoms with Gasteiger partial charge in [0.2, 0.25) is 0 Å². The van der Waals surface area contributed by atoms with E-state index >= 15 is 0 Å². The molecule has 1 aliphatic heterocycles.